The van der Waals surface area contributed by atoms with Crippen molar-refractivity contribution in [2.45, 2.75) is 26.3 Å². The van der Waals surface area contributed by atoms with E-state index in [9.17, 15) is 0 Å². The summed E-state index contributed by atoms with van der Waals surface area (Å²) in [5, 5.41) is 14.0. The molecular formula is C13H14N4S. The van der Waals surface area contributed by atoms with Crippen molar-refractivity contribution in [3.05, 3.63) is 29.4 Å². The second-order valence-electron chi connectivity index (χ2n) is 4.59. The number of rotatable bonds is 3. The molecule has 18 heavy (non-hydrogen) atoms. The van der Waals surface area contributed by atoms with Gasteiger partial charge in [0.05, 0.1) is 6.07 Å². The lowest BCUT2D eigenvalue weighted by molar-refractivity contribution is 0.717. The van der Waals surface area contributed by atoms with Gasteiger partial charge in [0.25, 0.3) is 0 Å². The van der Waals surface area contributed by atoms with Gasteiger partial charge in [-0.3, -0.25) is 0 Å². The topological polar surface area (TPSA) is 61.6 Å². The van der Waals surface area contributed by atoms with Gasteiger partial charge in [-0.2, -0.15) is 5.26 Å². The second kappa shape index (κ2) is 4.75. The molecule has 1 N–H and O–H groups in total. The third-order valence-corrected chi connectivity index (χ3v) is 3.55. The van der Waals surface area contributed by atoms with Gasteiger partial charge in [-0.25, -0.2) is 9.97 Å². The van der Waals surface area contributed by atoms with Crippen LogP contribution >= 0.6 is 11.3 Å². The molecule has 2 rings (SSSR count). The molecule has 0 atom stereocenters. The van der Waals surface area contributed by atoms with E-state index in [0.29, 0.717) is 5.95 Å². The number of nitrogens with zero attached hydrogens (tertiary/aromatic N) is 3. The molecule has 0 unspecified atom stereocenters. The number of aromatic nitrogens is 2. The van der Waals surface area contributed by atoms with E-state index < -0.39 is 5.54 Å². The molecule has 5 heteroatoms. The summed E-state index contributed by atoms with van der Waals surface area (Å²) in [5.41, 5.74) is 1.56. The Hall–Kier alpha value is -1.93. The average Bonchev–Trinajstić information content (AvgIpc) is 2.76. The largest absolute Gasteiger partial charge is 0.336 e. The van der Waals surface area contributed by atoms with E-state index in [4.69, 9.17) is 5.26 Å². The Morgan fingerprint density at radius 3 is 2.50 bits per heavy atom. The van der Waals surface area contributed by atoms with E-state index >= 15 is 0 Å². The van der Waals surface area contributed by atoms with Crippen LogP contribution < -0.4 is 5.32 Å². The molecule has 4 nitrogen and oxygen atoms in total. The van der Waals surface area contributed by atoms with Crippen LogP contribution in [0.2, 0.25) is 0 Å². The smallest absolute Gasteiger partial charge is 0.223 e. The molecule has 0 amide bonds. The van der Waals surface area contributed by atoms with Gasteiger partial charge in [-0.15, -0.1) is 11.3 Å². The number of hydrogen-bond donors (Lipinski definition) is 1. The minimum Gasteiger partial charge on any atom is -0.336 e. The van der Waals surface area contributed by atoms with Crippen molar-refractivity contribution < 1.29 is 0 Å². The molecule has 0 bridgehead atoms. The molecule has 0 spiro atoms. The lowest BCUT2D eigenvalue weighted by Gasteiger charge is -2.17. The average molecular weight is 258 g/mol. The second-order valence-corrected chi connectivity index (χ2v) is 5.51. The minimum atomic E-state index is -0.666. The van der Waals surface area contributed by atoms with Gasteiger partial charge in [0.2, 0.25) is 5.95 Å². The molecule has 0 aliphatic carbocycles. The summed E-state index contributed by atoms with van der Waals surface area (Å²) in [6.07, 6.45) is 3.56. The molecule has 2 heterocycles. The third kappa shape index (κ3) is 2.66. The van der Waals surface area contributed by atoms with Crippen LogP contribution in [0.5, 0.6) is 0 Å². The Kier molecular flexibility index (Phi) is 3.30. The molecule has 0 saturated heterocycles. The maximum atomic E-state index is 8.93. The predicted molar refractivity (Wildman–Crippen MR) is 73.4 cm³/mol. The van der Waals surface area contributed by atoms with Gasteiger partial charge in [-0.05, 0) is 37.8 Å². The molecule has 0 fully saturated rings. The number of nitrogens with one attached hydrogen (secondary N) is 1. The number of hydrogen-bond acceptors (Lipinski definition) is 5. The Bertz CT molecular complexity index is 578. The van der Waals surface area contributed by atoms with Crippen LogP contribution in [0.25, 0.3) is 10.4 Å². The van der Waals surface area contributed by atoms with Crippen LogP contribution in [-0.4, -0.2) is 15.5 Å². The van der Waals surface area contributed by atoms with Crippen molar-refractivity contribution in [2.75, 3.05) is 5.32 Å². The van der Waals surface area contributed by atoms with Crippen molar-refractivity contribution >= 4 is 17.3 Å². The number of anilines is 1. The molecule has 0 radical (unpaired) electrons. The molecule has 2 aromatic rings. The van der Waals surface area contributed by atoms with Crippen LogP contribution in [0.1, 0.15) is 19.4 Å². The zero-order valence-corrected chi connectivity index (χ0v) is 11.4. The first-order valence-electron chi connectivity index (χ1n) is 5.58. The quantitative estimate of drug-likeness (QED) is 0.918. The fraction of sp³-hybridized carbons (Fsp3) is 0.308. The number of thiophene rings is 1. The standard InChI is InChI=1S/C13H14N4S/c1-9-4-5-18-11(9)10-6-15-12(16-7-10)17-13(2,3)8-14/h4-7H,1-3H3,(H,15,16,17). The van der Waals surface area contributed by atoms with Crippen molar-refractivity contribution in [1.29, 1.82) is 5.26 Å². The number of aryl methyl sites for hydroxylation is 1. The molecule has 0 aliphatic heterocycles. The van der Waals surface area contributed by atoms with Crippen LogP contribution in [-0.2, 0) is 0 Å². The SMILES string of the molecule is Cc1ccsc1-c1cnc(NC(C)(C)C#N)nc1. The van der Waals surface area contributed by atoms with E-state index in [0.717, 1.165) is 5.56 Å². The third-order valence-electron chi connectivity index (χ3n) is 2.48. The highest BCUT2D eigenvalue weighted by Gasteiger charge is 2.17. The Balaban J connectivity index is 2.22. The van der Waals surface area contributed by atoms with Gasteiger partial charge in [0, 0.05) is 22.8 Å². The van der Waals surface area contributed by atoms with Gasteiger partial charge < -0.3 is 5.32 Å². The van der Waals surface area contributed by atoms with Crippen molar-refractivity contribution in [3.63, 3.8) is 0 Å². The maximum absolute atomic E-state index is 8.93. The Morgan fingerprint density at radius 1 is 1.33 bits per heavy atom. The predicted octanol–water partition coefficient (Wildman–Crippen LogP) is 3.23. The summed E-state index contributed by atoms with van der Waals surface area (Å²) >= 11 is 1.67. The lowest BCUT2D eigenvalue weighted by Crippen LogP contribution is -2.29. The Labute approximate surface area is 110 Å². The molecule has 2 aromatic heterocycles. The van der Waals surface area contributed by atoms with Crippen LogP contribution in [0, 0.1) is 18.3 Å². The van der Waals surface area contributed by atoms with Crippen LogP contribution in [0.3, 0.4) is 0 Å². The van der Waals surface area contributed by atoms with Crippen molar-refractivity contribution in [2.24, 2.45) is 0 Å². The summed E-state index contributed by atoms with van der Waals surface area (Å²) < 4.78 is 0. The molecule has 0 saturated carbocycles. The van der Waals surface area contributed by atoms with Crippen LogP contribution in [0.15, 0.2) is 23.8 Å². The van der Waals surface area contributed by atoms with Gasteiger partial charge in [-0.1, -0.05) is 0 Å². The summed E-state index contributed by atoms with van der Waals surface area (Å²) in [6, 6.07) is 4.23. The van der Waals surface area contributed by atoms with Crippen molar-refractivity contribution in [3.8, 4) is 16.5 Å². The minimum absolute atomic E-state index is 0.472. The fourth-order valence-corrected chi connectivity index (χ4v) is 2.39. The molecule has 0 aliphatic rings. The normalized spacial score (nSPS) is 11.0. The highest BCUT2D eigenvalue weighted by molar-refractivity contribution is 7.13. The summed E-state index contributed by atoms with van der Waals surface area (Å²) in [6.45, 7) is 5.64. The van der Waals surface area contributed by atoms with Gasteiger partial charge in [0.15, 0.2) is 0 Å². The zero-order chi connectivity index (χ0) is 13.2. The van der Waals surface area contributed by atoms with Gasteiger partial charge >= 0.3 is 0 Å². The number of nitriles is 1. The summed E-state index contributed by atoms with van der Waals surface area (Å²) in [5.74, 6) is 0.472. The van der Waals surface area contributed by atoms with Gasteiger partial charge in [0.1, 0.15) is 5.54 Å². The molecule has 92 valence electrons. The molecule has 0 aromatic carbocycles. The lowest BCUT2D eigenvalue weighted by atomic mass is 10.1. The molecular weight excluding hydrogens is 244 g/mol. The van der Waals surface area contributed by atoms with E-state index in [1.165, 1.54) is 10.4 Å². The Morgan fingerprint density at radius 2 is 2.00 bits per heavy atom. The van der Waals surface area contributed by atoms with Crippen molar-refractivity contribution in [1.82, 2.24) is 9.97 Å². The van der Waals surface area contributed by atoms with E-state index in [2.05, 4.69) is 39.7 Å². The highest BCUT2D eigenvalue weighted by atomic mass is 32.1. The van der Waals surface area contributed by atoms with E-state index in [1.54, 1.807) is 37.6 Å². The zero-order valence-electron chi connectivity index (χ0n) is 10.6. The van der Waals surface area contributed by atoms with E-state index in [-0.39, 0.29) is 0 Å². The van der Waals surface area contributed by atoms with E-state index in [1.807, 2.05) is 0 Å². The first kappa shape index (κ1) is 12.5. The fourth-order valence-electron chi connectivity index (χ4n) is 1.49. The van der Waals surface area contributed by atoms with Crippen LogP contribution in [0.4, 0.5) is 5.95 Å². The summed E-state index contributed by atoms with van der Waals surface area (Å²) in [4.78, 5) is 9.67. The highest BCUT2D eigenvalue weighted by Crippen LogP contribution is 2.28. The first-order valence-corrected chi connectivity index (χ1v) is 6.46. The summed E-state index contributed by atoms with van der Waals surface area (Å²) in [7, 11) is 0. The first-order chi connectivity index (χ1) is 8.52. The maximum Gasteiger partial charge on any atom is 0.223 e. The monoisotopic (exact) mass is 258 g/mol.